The Morgan fingerprint density at radius 1 is 1.53 bits per heavy atom. The van der Waals surface area contributed by atoms with Crippen LogP contribution in [0.5, 0.6) is 0 Å². The van der Waals surface area contributed by atoms with E-state index in [2.05, 4.69) is 4.98 Å². The van der Waals surface area contributed by atoms with Gasteiger partial charge in [0.2, 0.25) is 0 Å². The highest BCUT2D eigenvalue weighted by atomic mass is 19.4. The number of anilines is 2. The molecule has 0 atom stereocenters. The van der Waals surface area contributed by atoms with E-state index in [4.69, 9.17) is 10.8 Å². The van der Waals surface area contributed by atoms with Crippen LogP contribution in [-0.4, -0.2) is 35.3 Å². The summed E-state index contributed by atoms with van der Waals surface area (Å²) in [5.74, 6) is -1.35. The number of carbonyl (C=O) groups is 1. The first-order valence-electron chi connectivity index (χ1n) is 5.55. The number of aromatic nitrogens is 1. The van der Waals surface area contributed by atoms with E-state index in [9.17, 15) is 18.0 Å². The molecule has 1 aromatic rings. The molecule has 0 saturated carbocycles. The number of carboxylic acid groups (broad SMARTS) is 1. The Labute approximate surface area is 107 Å². The van der Waals surface area contributed by atoms with E-state index in [0.29, 0.717) is 6.42 Å². The number of carboxylic acids is 1. The number of alkyl halides is 3. The highest BCUT2D eigenvalue weighted by Gasteiger charge is 2.31. The van der Waals surface area contributed by atoms with Gasteiger partial charge in [0, 0.05) is 6.54 Å². The predicted octanol–water partition coefficient (Wildman–Crippen LogP) is 2.14. The van der Waals surface area contributed by atoms with E-state index in [1.54, 1.807) is 6.92 Å². The van der Waals surface area contributed by atoms with Gasteiger partial charge in [-0.25, -0.2) is 9.78 Å². The molecule has 0 bridgehead atoms. The van der Waals surface area contributed by atoms with Crippen LogP contribution in [0.4, 0.5) is 24.7 Å². The van der Waals surface area contributed by atoms with Crippen LogP contribution in [0.3, 0.4) is 0 Å². The van der Waals surface area contributed by atoms with Crippen LogP contribution in [0, 0.1) is 0 Å². The number of hydrogen-bond acceptors (Lipinski definition) is 4. The summed E-state index contributed by atoms with van der Waals surface area (Å²) in [5.41, 5.74) is 5.07. The summed E-state index contributed by atoms with van der Waals surface area (Å²) in [4.78, 5) is 15.6. The maximum absolute atomic E-state index is 12.4. The Balaban J connectivity index is 3.09. The lowest BCUT2D eigenvalue weighted by molar-refractivity contribution is -0.119. The normalized spacial score (nSPS) is 11.4. The van der Waals surface area contributed by atoms with E-state index in [-0.39, 0.29) is 23.6 Å². The topological polar surface area (TPSA) is 79.5 Å². The fourth-order valence-corrected chi connectivity index (χ4v) is 1.57. The van der Waals surface area contributed by atoms with Crippen molar-refractivity contribution in [3.8, 4) is 0 Å². The van der Waals surface area contributed by atoms with Crippen molar-refractivity contribution < 1.29 is 23.1 Å². The van der Waals surface area contributed by atoms with Gasteiger partial charge < -0.3 is 15.7 Å². The minimum Gasteiger partial charge on any atom is -0.478 e. The molecule has 0 unspecified atom stereocenters. The number of aromatic carboxylic acids is 1. The first-order chi connectivity index (χ1) is 8.74. The lowest BCUT2D eigenvalue weighted by atomic mass is 10.2. The first-order valence-corrected chi connectivity index (χ1v) is 5.55. The van der Waals surface area contributed by atoms with Gasteiger partial charge >= 0.3 is 12.1 Å². The lowest BCUT2D eigenvalue weighted by Gasteiger charge is -2.24. The molecular formula is C11H14F3N3O2. The van der Waals surface area contributed by atoms with Crippen molar-refractivity contribution in [2.75, 3.05) is 23.7 Å². The third kappa shape index (κ3) is 4.31. The van der Waals surface area contributed by atoms with Crippen molar-refractivity contribution >= 4 is 17.5 Å². The molecule has 0 saturated heterocycles. The third-order valence-corrected chi connectivity index (χ3v) is 2.34. The smallest absolute Gasteiger partial charge is 0.405 e. The molecule has 1 heterocycles. The number of nitrogens with two attached hydrogens (primary N) is 1. The molecule has 0 amide bonds. The van der Waals surface area contributed by atoms with Crippen LogP contribution in [-0.2, 0) is 0 Å². The standard InChI is InChI=1S/C11H14F3N3O2/c1-2-3-17(6-11(12,13)14)9-4-7(10(18)19)8(15)5-16-9/h4-5H,2-3,6,15H2,1H3,(H,18,19). The third-order valence-electron chi connectivity index (χ3n) is 2.34. The number of hydrogen-bond donors (Lipinski definition) is 2. The molecule has 0 radical (unpaired) electrons. The van der Waals surface area contributed by atoms with Crippen molar-refractivity contribution in [2.24, 2.45) is 0 Å². The summed E-state index contributed by atoms with van der Waals surface area (Å²) in [6, 6.07) is 1.05. The lowest BCUT2D eigenvalue weighted by Crippen LogP contribution is -2.35. The summed E-state index contributed by atoms with van der Waals surface area (Å²) >= 11 is 0. The second kappa shape index (κ2) is 5.77. The van der Waals surface area contributed by atoms with Gasteiger partial charge in [-0.1, -0.05) is 6.92 Å². The molecule has 0 aliphatic heterocycles. The van der Waals surface area contributed by atoms with Crippen molar-refractivity contribution in [2.45, 2.75) is 19.5 Å². The molecule has 0 aromatic carbocycles. The average Bonchev–Trinajstić information content (AvgIpc) is 2.27. The molecular weight excluding hydrogens is 263 g/mol. The Bertz CT molecular complexity index is 463. The summed E-state index contributed by atoms with van der Waals surface area (Å²) in [5, 5.41) is 8.89. The van der Waals surface area contributed by atoms with Gasteiger partial charge in [0.25, 0.3) is 0 Å². The second-order valence-corrected chi connectivity index (χ2v) is 3.97. The maximum atomic E-state index is 12.4. The van der Waals surface area contributed by atoms with E-state index in [0.717, 1.165) is 17.2 Å². The molecule has 0 spiro atoms. The molecule has 1 rings (SSSR count). The van der Waals surface area contributed by atoms with E-state index in [1.807, 2.05) is 0 Å². The molecule has 3 N–H and O–H groups in total. The van der Waals surface area contributed by atoms with E-state index < -0.39 is 18.7 Å². The first kappa shape index (κ1) is 15.1. The van der Waals surface area contributed by atoms with Crippen molar-refractivity contribution in [1.29, 1.82) is 0 Å². The van der Waals surface area contributed by atoms with Crippen molar-refractivity contribution in [1.82, 2.24) is 4.98 Å². The van der Waals surface area contributed by atoms with Gasteiger partial charge in [0.1, 0.15) is 12.4 Å². The maximum Gasteiger partial charge on any atom is 0.405 e. The predicted molar refractivity (Wildman–Crippen MR) is 64.2 cm³/mol. The highest BCUT2D eigenvalue weighted by molar-refractivity contribution is 5.94. The Kier molecular flexibility index (Phi) is 4.57. The molecule has 1 aromatic heterocycles. The van der Waals surface area contributed by atoms with Gasteiger partial charge in [-0.05, 0) is 12.5 Å². The fraction of sp³-hybridized carbons (Fsp3) is 0.455. The van der Waals surface area contributed by atoms with E-state index in [1.165, 1.54) is 0 Å². The monoisotopic (exact) mass is 277 g/mol. The summed E-state index contributed by atoms with van der Waals surface area (Å²) < 4.78 is 37.3. The Morgan fingerprint density at radius 3 is 2.63 bits per heavy atom. The number of pyridine rings is 1. The average molecular weight is 277 g/mol. The van der Waals surface area contributed by atoms with Crippen LogP contribution in [0.15, 0.2) is 12.3 Å². The quantitative estimate of drug-likeness (QED) is 0.862. The van der Waals surface area contributed by atoms with Crippen molar-refractivity contribution in [3.05, 3.63) is 17.8 Å². The van der Waals surface area contributed by atoms with Crippen molar-refractivity contribution in [3.63, 3.8) is 0 Å². The van der Waals surface area contributed by atoms with Gasteiger partial charge in [-0.15, -0.1) is 0 Å². The molecule has 19 heavy (non-hydrogen) atoms. The molecule has 0 aliphatic rings. The SMILES string of the molecule is CCCN(CC(F)(F)F)c1cc(C(=O)O)c(N)cn1. The number of halogens is 3. The van der Waals surface area contributed by atoms with Crippen LogP contribution < -0.4 is 10.6 Å². The zero-order valence-electron chi connectivity index (χ0n) is 10.2. The minimum atomic E-state index is -4.39. The van der Waals surface area contributed by atoms with Gasteiger partial charge in [0.15, 0.2) is 0 Å². The van der Waals surface area contributed by atoms with Gasteiger partial charge in [-0.2, -0.15) is 13.2 Å². The zero-order valence-corrected chi connectivity index (χ0v) is 10.2. The Hall–Kier alpha value is -1.99. The largest absolute Gasteiger partial charge is 0.478 e. The molecule has 0 fully saturated rings. The highest BCUT2D eigenvalue weighted by Crippen LogP contribution is 2.23. The number of nitrogens with zero attached hydrogens (tertiary/aromatic N) is 2. The van der Waals surface area contributed by atoms with Crippen LogP contribution in [0.2, 0.25) is 0 Å². The zero-order chi connectivity index (χ0) is 14.6. The molecule has 5 nitrogen and oxygen atoms in total. The minimum absolute atomic E-state index is 0.0502. The molecule has 0 aliphatic carbocycles. The van der Waals surface area contributed by atoms with Gasteiger partial charge in [0.05, 0.1) is 17.4 Å². The summed E-state index contributed by atoms with van der Waals surface area (Å²) in [6.07, 6.45) is -2.86. The van der Waals surface area contributed by atoms with Crippen LogP contribution in [0.25, 0.3) is 0 Å². The number of rotatable bonds is 5. The summed E-state index contributed by atoms with van der Waals surface area (Å²) in [6.45, 7) is 0.658. The second-order valence-electron chi connectivity index (χ2n) is 3.97. The van der Waals surface area contributed by atoms with Crippen LogP contribution in [0.1, 0.15) is 23.7 Å². The van der Waals surface area contributed by atoms with Gasteiger partial charge in [-0.3, -0.25) is 0 Å². The fourth-order valence-electron chi connectivity index (χ4n) is 1.57. The van der Waals surface area contributed by atoms with E-state index >= 15 is 0 Å². The molecule has 8 heteroatoms. The summed E-state index contributed by atoms with van der Waals surface area (Å²) in [7, 11) is 0. The van der Waals surface area contributed by atoms with Crippen LogP contribution >= 0.6 is 0 Å². The number of nitrogen functional groups attached to an aromatic ring is 1. The Morgan fingerprint density at radius 2 is 2.16 bits per heavy atom. The molecule has 106 valence electrons.